The first-order valence-electron chi connectivity index (χ1n) is 9.42. The normalized spacial score (nSPS) is 10.5. The second kappa shape index (κ2) is 8.89. The highest BCUT2D eigenvalue weighted by molar-refractivity contribution is 5.96. The van der Waals surface area contributed by atoms with Crippen LogP contribution in [0.2, 0.25) is 0 Å². The van der Waals surface area contributed by atoms with Crippen LogP contribution in [0.25, 0.3) is 10.9 Å². The van der Waals surface area contributed by atoms with Crippen LogP contribution in [0, 0.1) is 0 Å². The first-order chi connectivity index (χ1) is 14.3. The maximum absolute atomic E-state index is 12.3. The minimum Gasteiger partial charge on any atom is -0.489 e. The Morgan fingerprint density at radius 3 is 2.48 bits per heavy atom. The van der Waals surface area contributed by atoms with Crippen LogP contribution in [0.4, 0.5) is 11.4 Å². The average Bonchev–Trinajstić information content (AvgIpc) is 2.78. The van der Waals surface area contributed by atoms with E-state index in [1.165, 1.54) is 0 Å². The Bertz CT molecular complexity index is 1090. The molecule has 0 spiro atoms. The SMILES string of the molecule is O=C(CNc1cccc2cccnc12)Nc1ccc(OCc2ccccc2)cc1. The summed E-state index contributed by atoms with van der Waals surface area (Å²) >= 11 is 0. The Hall–Kier alpha value is -3.86. The molecule has 1 heterocycles. The summed E-state index contributed by atoms with van der Waals surface area (Å²) in [6, 6.07) is 27.1. The van der Waals surface area contributed by atoms with Gasteiger partial charge in [-0.05, 0) is 42.0 Å². The van der Waals surface area contributed by atoms with Gasteiger partial charge in [-0.15, -0.1) is 0 Å². The second-order valence-corrected chi connectivity index (χ2v) is 6.58. The van der Waals surface area contributed by atoms with Crippen molar-refractivity contribution >= 4 is 28.2 Å². The van der Waals surface area contributed by atoms with Crippen molar-refractivity contribution in [2.24, 2.45) is 0 Å². The number of carbonyl (C=O) groups is 1. The Kier molecular flexibility index (Phi) is 5.67. The van der Waals surface area contributed by atoms with Crippen molar-refractivity contribution in [1.29, 1.82) is 0 Å². The molecule has 1 aromatic heterocycles. The molecule has 0 bridgehead atoms. The minimum atomic E-state index is -0.129. The molecule has 0 saturated heterocycles. The number of hydrogen-bond acceptors (Lipinski definition) is 4. The predicted molar refractivity (Wildman–Crippen MR) is 116 cm³/mol. The Labute approximate surface area is 169 Å². The number of hydrogen-bond donors (Lipinski definition) is 2. The molecule has 1 amide bonds. The fourth-order valence-corrected chi connectivity index (χ4v) is 3.00. The summed E-state index contributed by atoms with van der Waals surface area (Å²) in [5.74, 6) is 0.627. The lowest BCUT2D eigenvalue weighted by molar-refractivity contribution is -0.114. The summed E-state index contributed by atoms with van der Waals surface area (Å²) in [6.45, 7) is 0.664. The van der Waals surface area contributed by atoms with Gasteiger partial charge in [0.25, 0.3) is 0 Å². The molecule has 0 atom stereocenters. The number of pyridine rings is 1. The van der Waals surface area contributed by atoms with Crippen LogP contribution in [0.3, 0.4) is 0 Å². The monoisotopic (exact) mass is 383 g/mol. The zero-order valence-electron chi connectivity index (χ0n) is 15.8. The van der Waals surface area contributed by atoms with E-state index < -0.39 is 0 Å². The van der Waals surface area contributed by atoms with Gasteiger partial charge in [0, 0.05) is 17.3 Å². The zero-order valence-corrected chi connectivity index (χ0v) is 15.8. The summed E-state index contributed by atoms with van der Waals surface area (Å²) in [5, 5.41) is 7.07. The number of para-hydroxylation sites is 1. The van der Waals surface area contributed by atoms with E-state index in [2.05, 4.69) is 15.6 Å². The van der Waals surface area contributed by atoms with Gasteiger partial charge in [-0.1, -0.05) is 48.5 Å². The summed E-state index contributed by atoms with van der Waals surface area (Å²) < 4.78 is 5.77. The molecular formula is C24H21N3O2. The highest BCUT2D eigenvalue weighted by Crippen LogP contribution is 2.21. The fraction of sp³-hybridized carbons (Fsp3) is 0.0833. The predicted octanol–water partition coefficient (Wildman–Crippen LogP) is 4.86. The lowest BCUT2D eigenvalue weighted by Gasteiger charge is -2.10. The van der Waals surface area contributed by atoms with E-state index in [9.17, 15) is 4.79 Å². The summed E-state index contributed by atoms with van der Waals surface area (Å²) in [6.07, 6.45) is 1.75. The Morgan fingerprint density at radius 2 is 1.66 bits per heavy atom. The number of carbonyl (C=O) groups excluding carboxylic acids is 1. The molecule has 5 nitrogen and oxygen atoms in total. The molecule has 0 aliphatic carbocycles. The highest BCUT2D eigenvalue weighted by Gasteiger charge is 2.06. The third-order valence-electron chi connectivity index (χ3n) is 4.46. The Balaban J connectivity index is 1.30. The van der Waals surface area contributed by atoms with Gasteiger partial charge in [-0.3, -0.25) is 9.78 Å². The molecule has 0 unspecified atom stereocenters. The summed E-state index contributed by atoms with van der Waals surface area (Å²) in [7, 11) is 0. The van der Waals surface area contributed by atoms with Crippen molar-refractivity contribution in [1.82, 2.24) is 4.98 Å². The zero-order chi connectivity index (χ0) is 19.9. The smallest absolute Gasteiger partial charge is 0.243 e. The van der Waals surface area contributed by atoms with Gasteiger partial charge >= 0.3 is 0 Å². The summed E-state index contributed by atoms with van der Waals surface area (Å²) in [5.41, 5.74) is 3.52. The van der Waals surface area contributed by atoms with E-state index >= 15 is 0 Å². The largest absolute Gasteiger partial charge is 0.489 e. The molecule has 3 aromatic carbocycles. The van der Waals surface area contributed by atoms with Crippen LogP contribution in [0.1, 0.15) is 5.56 Å². The van der Waals surface area contributed by atoms with Crippen LogP contribution in [-0.4, -0.2) is 17.4 Å². The molecule has 2 N–H and O–H groups in total. The van der Waals surface area contributed by atoms with Crippen molar-refractivity contribution in [3.05, 3.63) is 96.7 Å². The van der Waals surface area contributed by atoms with Crippen molar-refractivity contribution in [3.8, 4) is 5.75 Å². The van der Waals surface area contributed by atoms with E-state index in [4.69, 9.17) is 4.74 Å². The van der Waals surface area contributed by atoms with E-state index in [-0.39, 0.29) is 12.5 Å². The van der Waals surface area contributed by atoms with Crippen molar-refractivity contribution in [3.63, 3.8) is 0 Å². The molecule has 0 saturated carbocycles. The molecule has 5 heteroatoms. The number of aromatic nitrogens is 1. The number of ether oxygens (including phenoxy) is 1. The summed E-state index contributed by atoms with van der Waals surface area (Å²) in [4.78, 5) is 16.7. The molecular weight excluding hydrogens is 362 g/mol. The maximum Gasteiger partial charge on any atom is 0.243 e. The molecule has 0 aliphatic heterocycles. The molecule has 4 aromatic rings. The van der Waals surface area contributed by atoms with Crippen LogP contribution in [0.15, 0.2) is 91.1 Å². The minimum absolute atomic E-state index is 0.129. The fourth-order valence-electron chi connectivity index (χ4n) is 3.00. The number of benzene rings is 3. The average molecular weight is 383 g/mol. The topological polar surface area (TPSA) is 63.2 Å². The molecule has 144 valence electrons. The van der Waals surface area contributed by atoms with E-state index in [0.29, 0.717) is 6.61 Å². The van der Waals surface area contributed by atoms with Crippen molar-refractivity contribution < 1.29 is 9.53 Å². The van der Waals surface area contributed by atoms with E-state index in [1.807, 2.05) is 84.9 Å². The van der Waals surface area contributed by atoms with Crippen LogP contribution in [0.5, 0.6) is 5.75 Å². The lowest BCUT2D eigenvalue weighted by atomic mass is 10.2. The van der Waals surface area contributed by atoms with Crippen molar-refractivity contribution in [2.75, 3.05) is 17.2 Å². The third kappa shape index (κ3) is 4.90. The highest BCUT2D eigenvalue weighted by atomic mass is 16.5. The van der Waals surface area contributed by atoms with Gasteiger partial charge in [0.15, 0.2) is 0 Å². The first kappa shape index (κ1) is 18.5. The number of fused-ring (bicyclic) bond motifs is 1. The second-order valence-electron chi connectivity index (χ2n) is 6.58. The van der Waals surface area contributed by atoms with Crippen LogP contribution >= 0.6 is 0 Å². The van der Waals surface area contributed by atoms with Gasteiger partial charge in [-0.25, -0.2) is 0 Å². The van der Waals surface area contributed by atoms with Gasteiger partial charge in [0.05, 0.1) is 17.7 Å². The van der Waals surface area contributed by atoms with Gasteiger partial charge in [-0.2, -0.15) is 0 Å². The number of rotatable bonds is 7. The third-order valence-corrected chi connectivity index (χ3v) is 4.46. The number of anilines is 2. The standard InChI is InChI=1S/C24H21N3O2/c28-23(16-26-22-10-4-8-19-9-5-15-25-24(19)22)27-20-11-13-21(14-12-20)29-17-18-6-2-1-3-7-18/h1-15,26H,16-17H2,(H,27,28). The molecule has 29 heavy (non-hydrogen) atoms. The first-order valence-corrected chi connectivity index (χ1v) is 9.42. The van der Waals surface area contributed by atoms with Gasteiger partial charge in [0.2, 0.25) is 5.91 Å². The van der Waals surface area contributed by atoms with Gasteiger partial charge in [0.1, 0.15) is 12.4 Å². The molecule has 0 radical (unpaired) electrons. The number of amides is 1. The maximum atomic E-state index is 12.3. The quantitative estimate of drug-likeness (QED) is 0.478. The van der Waals surface area contributed by atoms with Crippen LogP contribution in [-0.2, 0) is 11.4 Å². The number of nitrogens with one attached hydrogen (secondary N) is 2. The van der Waals surface area contributed by atoms with Gasteiger partial charge < -0.3 is 15.4 Å². The van der Waals surface area contributed by atoms with E-state index in [1.54, 1.807) is 6.20 Å². The Morgan fingerprint density at radius 1 is 0.862 bits per heavy atom. The van der Waals surface area contributed by atoms with Crippen LogP contribution < -0.4 is 15.4 Å². The lowest BCUT2D eigenvalue weighted by Crippen LogP contribution is -2.21. The van der Waals surface area contributed by atoms with Crippen molar-refractivity contribution in [2.45, 2.75) is 6.61 Å². The molecule has 4 rings (SSSR count). The number of nitrogens with zero attached hydrogens (tertiary/aromatic N) is 1. The van der Waals surface area contributed by atoms with E-state index in [0.717, 1.165) is 33.6 Å². The molecule has 0 fully saturated rings. The molecule has 0 aliphatic rings.